The molecule has 8 heteroatoms. The molecule has 4 N–H and O–H groups in total. The van der Waals surface area contributed by atoms with Gasteiger partial charge in [-0.05, 0) is 24.7 Å². The van der Waals surface area contributed by atoms with E-state index in [9.17, 15) is 25.2 Å². The molecule has 0 bridgehead atoms. The van der Waals surface area contributed by atoms with E-state index in [1.54, 1.807) is 0 Å². The van der Waals surface area contributed by atoms with Crippen molar-refractivity contribution in [2.24, 2.45) is 11.8 Å². The molecule has 1 aliphatic carbocycles. The molecule has 1 saturated carbocycles. The van der Waals surface area contributed by atoms with Gasteiger partial charge in [0.15, 0.2) is 0 Å². The number of esters is 1. The summed E-state index contributed by atoms with van der Waals surface area (Å²) in [6.07, 6.45) is 22.5. The Morgan fingerprint density at radius 3 is 1.45 bits per heavy atom. The maximum absolute atomic E-state index is 12.7. The van der Waals surface area contributed by atoms with Crippen molar-refractivity contribution in [1.82, 2.24) is 0 Å². The van der Waals surface area contributed by atoms with E-state index in [1.807, 2.05) is 0 Å². The zero-order valence-corrected chi connectivity index (χ0v) is 32.3. The van der Waals surface area contributed by atoms with Gasteiger partial charge in [0.05, 0.1) is 13.2 Å². The fourth-order valence-corrected chi connectivity index (χ4v) is 6.99. The normalized spacial score (nSPS) is 22.7. The highest BCUT2D eigenvalue weighted by Gasteiger charge is 2.49. The summed E-state index contributed by atoms with van der Waals surface area (Å²) in [5, 5.41) is 40.2. The number of aliphatic hydroxyl groups is 4. The Balaban J connectivity index is 2.26. The molecule has 49 heavy (non-hydrogen) atoms. The summed E-state index contributed by atoms with van der Waals surface area (Å²) < 4.78 is 17.2. The molecule has 7 atom stereocenters. The van der Waals surface area contributed by atoms with Crippen LogP contribution in [0.15, 0.2) is 0 Å². The SMILES string of the molecule is CCCCCCC(C)CCCCCCCCCOCC(COC1C(O)C(O)C(O)C1O)OC(=O)CCCCCCCCC(C)CCCCC. The van der Waals surface area contributed by atoms with Crippen molar-refractivity contribution in [1.29, 1.82) is 0 Å². The van der Waals surface area contributed by atoms with Crippen LogP contribution >= 0.6 is 0 Å². The van der Waals surface area contributed by atoms with Crippen molar-refractivity contribution in [3.63, 3.8) is 0 Å². The number of hydrogen-bond donors (Lipinski definition) is 4. The van der Waals surface area contributed by atoms with Gasteiger partial charge in [0.1, 0.15) is 36.6 Å². The fourth-order valence-electron chi connectivity index (χ4n) is 6.99. The third-order valence-electron chi connectivity index (χ3n) is 10.5. The van der Waals surface area contributed by atoms with Crippen molar-refractivity contribution in [3.8, 4) is 0 Å². The summed E-state index contributed by atoms with van der Waals surface area (Å²) in [5.74, 6) is 1.37. The van der Waals surface area contributed by atoms with Gasteiger partial charge in [-0.15, -0.1) is 0 Å². The van der Waals surface area contributed by atoms with Gasteiger partial charge in [-0.25, -0.2) is 0 Å². The van der Waals surface area contributed by atoms with Gasteiger partial charge in [-0.3, -0.25) is 4.79 Å². The largest absolute Gasteiger partial charge is 0.457 e. The van der Waals surface area contributed by atoms with Gasteiger partial charge in [-0.1, -0.05) is 169 Å². The number of aliphatic hydroxyl groups excluding tert-OH is 4. The number of carbonyl (C=O) groups excluding carboxylic acids is 1. The van der Waals surface area contributed by atoms with Crippen LogP contribution < -0.4 is 0 Å². The third kappa shape index (κ3) is 23.4. The van der Waals surface area contributed by atoms with E-state index in [4.69, 9.17) is 14.2 Å². The lowest BCUT2D eigenvalue weighted by Gasteiger charge is -2.24. The van der Waals surface area contributed by atoms with Crippen molar-refractivity contribution in [2.75, 3.05) is 19.8 Å². The smallest absolute Gasteiger partial charge is 0.306 e. The second-order valence-corrected chi connectivity index (χ2v) is 15.4. The van der Waals surface area contributed by atoms with Gasteiger partial charge in [0, 0.05) is 13.0 Å². The van der Waals surface area contributed by atoms with Crippen LogP contribution in [0.1, 0.15) is 188 Å². The molecule has 0 aliphatic heterocycles. The van der Waals surface area contributed by atoms with E-state index in [-0.39, 0.29) is 19.2 Å². The first-order chi connectivity index (χ1) is 23.7. The summed E-state index contributed by atoms with van der Waals surface area (Å²) in [5.41, 5.74) is 0. The zero-order chi connectivity index (χ0) is 36.1. The van der Waals surface area contributed by atoms with Crippen LogP contribution in [0.4, 0.5) is 0 Å². The topological polar surface area (TPSA) is 126 Å². The molecule has 7 unspecified atom stereocenters. The third-order valence-corrected chi connectivity index (χ3v) is 10.5. The molecular weight excluding hydrogens is 620 g/mol. The van der Waals surface area contributed by atoms with Crippen LogP contribution in [0.3, 0.4) is 0 Å². The molecule has 0 radical (unpaired) electrons. The highest BCUT2D eigenvalue weighted by molar-refractivity contribution is 5.69. The molecule has 0 heterocycles. The van der Waals surface area contributed by atoms with E-state index < -0.39 is 36.6 Å². The van der Waals surface area contributed by atoms with Gasteiger partial charge >= 0.3 is 5.97 Å². The molecule has 0 aromatic carbocycles. The maximum Gasteiger partial charge on any atom is 0.306 e. The van der Waals surface area contributed by atoms with Gasteiger partial charge in [0.25, 0.3) is 0 Å². The van der Waals surface area contributed by atoms with Crippen LogP contribution in [0.25, 0.3) is 0 Å². The van der Waals surface area contributed by atoms with Crippen LogP contribution in [0.5, 0.6) is 0 Å². The van der Waals surface area contributed by atoms with Crippen LogP contribution in [0, 0.1) is 11.8 Å². The average molecular weight is 701 g/mol. The van der Waals surface area contributed by atoms with Gasteiger partial charge in [-0.2, -0.15) is 0 Å². The molecule has 1 rings (SSSR count). The lowest BCUT2D eigenvalue weighted by atomic mass is 9.96. The average Bonchev–Trinajstić information content (AvgIpc) is 3.26. The minimum Gasteiger partial charge on any atom is -0.457 e. The van der Waals surface area contributed by atoms with Crippen molar-refractivity contribution in [3.05, 3.63) is 0 Å². The first-order valence-corrected chi connectivity index (χ1v) is 20.8. The van der Waals surface area contributed by atoms with Crippen LogP contribution in [0.2, 0.25) is 0 Å². The van der Waals surface area contributed by atoms with Crippen molar-refractivity contribution < 1.29 is 39.4 Å². The number of ether oxygens (including phenoxy) is 3. The number of hydrogen-bond acceptors (Lipinski definition) is 8. The Labute approximate surface area is 301 Å². The van der Waals surface area contributed by atoms with E-state index in [0.29, 0.717) is 13.0 Å². The molecule has 1 fully saturated rings. The predicted molar refractivity (Wildman–Crippen MR) is 200 cm³/mol. The van der Waals surface area contributed by atoms with Crippen molar-refractivity contribution in [2.45, 2.75) is 225 Å². The fraction of sp³-hybridized carbons (Fsp3) is 0.976. The Hall–Kier alpha value is -0.770. The molecule has 0 aromatic heterocycles. The number of carbonyl (C=O) groups is 1. The molecule has 0 aromatic rings. The molecule has 0 saturated heterocycles. The van der Waals surface area contributed by atoms with E-state index in [0.717, 1.165) is 43.9 Å². The lowest BCUT2D eigenvalue weighted by Crippen LogP contribution is -2.39. The quantitative estimate of drug-likeness (QED) is 0.0388. The molecule has 8 nitrogen and oxygen atoms in total. The summed E-state index contributed by atoms with van der Waals surface area (Å²) in [6, 6.07) is 0. The highest BCUT2D eigenvalue weighted by Crippen LogP contribution is 2.25. The maximum atomic E-state index is 12.7. The Kier molecular flexibility index (Phi) is 29.1. The lowest BCUT2D eigenvalue weighted by molar-refractivity contribution is -0.163. The van der Waals surface area contributed by atoms with Crippen LogP contribution in [-0.2, 0) is 19.0 Å². The van der Waals surface area contributed by atoms with Gasteiger partial charge < -0.3 is 34.6 Å². The molecule has 1 aliphatic rings. The molecule has 0 spiro atoms. The second kappa shape index (κ2) is 30.8. The van der Waals surface area contributed by atoms with E-state index in [1.165, 1.54) is 122 Å². The van der Waals surface area contributed by atoms with Crippen LogP contribution in [-0.4, -0.2) is 82.8 Å². The highest BCUT2D eigenvalue weighted by atomic mass is 16.6. The Morgan fingerprint density at radius 1 is 0.531 bits per heavy atom. The Bertz CT molecular complexity index is 737. The summed E-state index contributed by atoms with van der Waals surface area (Å²) in [6.45, 7) is 9.91. The predicted octanol–water partition coefficient (Wildman–Crippen LogP) is 8.82. The molecular formula is C41H80O8. The van der Waals surface area contributed by atoms with E-state index in [2.05, 4.69) is 27.7 Å². The standard InChI is InChI=1S/C41H80O8/c1-5-7-9-20-26-34(4)28-21-15-11-10-14-18-24-30-47-31-35(32-48-41-39(45)37(43)38(44)40(41)46)49-36(42)29-23-17-13-12-16-22-27-33(3)25-19-8-6-2/h33-35,37-41,43-46H,5-32H2,1-4H3. The second-order valence-electron chi connectivity index (χ2n) is 15.4. The minimum atomic E-state index is -1.49. The first kappa shape index (κ1) is 46.3. The Morgan fingerprint density at radius 2 is 0.939 bits per heavy atom. The number of rotatable bonds is 34. The first-order valence-electron chi connectivity index (χ1n) is 20.8. The monoisotopic (exact) mass is 701 g/mol. The zero-order valence-electron chi connectivity index (χ0n) is 32.3. The van der Waals surface area contributed by atoms with Crippen molar-refractivity contribution >= 4 is 5.97 Å². The van der Waals surface area contributed by atoms with E-state index >= 15 is 0 Å². The number of unbranched alkanes of at least 4 members (excludes halogenated alkanes) is 16. The molecule has 292 valence electrons. The summed E-state index contributed by atoms with van der Waals surface area (Å²) >= 11 is 0. The molecule has 0 amide bonds. The van der Waals surface area contributed by atoms with Gasteiger partial charge in [0.2, 0.25) is 0 Å². The minimum absolute atomic E-state index is 0.0990. The summed E-state index contributed by atoms with van der Waals surface area (Å²) in [7, 11) is 0. The summed E-state index contributed by atoms with van der Waals surface area (Å²) in [4.78, 5) is 12.7.